The van der Waals surface area contributed by atoms with Crippen LogP contribution in [0.15, 0.2) is 29.8 Å². The zero-order valence-corrected chi connectivity index (χ0v) is 9.13. The Kier molecular flexibility index (Phi) is 3.53. The molecule has 1 heterocycles. The summed E-state index contributed by atoms with van der Waals surface area (Å²) < 4.78 is 10.6. The van der Waals surface area contributed by atoms with E-state index in [-0.39, 0.29) is 11.7 Å². The minimum absolute atomic E-state index is 0.0918. The molecule has 1 aromatic rings. The number of nitrogens with zero attached hydrogens (tertiary/aromatic N) is 1. The largest absolute Gasteiger partial charge is 0.486 e. The first-order valence-corrected chi connectivity index (χ1v) is 5.23. The van der Waals surface area contributed by atoms with Crippen molar-refractivity contribution < 1.29 is 14.3 Å². The topological polar surface area (TPSA) is 59.3 Å². The maximum atomic E-state index is 10.5. The van der Waals surface area contributed by atoms with Gasteiger partial charge in [0.2, 0.25) is 0 Å². The molecular formula is C13H11NO3. The van der Waals surface area contributed by atoms with E-state index in [0.29, 0.717) is 19.5 Å². The zero-order chi connectivity index (χ0) is 12.1. The molecule has 4 nitrogen and oxygen atoms in total. The van der Waals surface area contributed by atoms with Gasteiger partial charge >= 0.3 is 0 Å². The van der Waals surface area contributed by atoms with Crippen molar-refractivity contribution in [3.8, 4) is 11.8 Å². The highest BCUT2D eigenvalue weighted by Gasteiger charge is 2.19. The number of nitriles is 1. The van der Waals surface area contributed by atoms with Gasteiger partial charge in [-0.25, -0.2) is 0 Å². The maximum absolute atomic E-state index is 10.5. The van der Waals surface area contributed by atoms with Gasteiger partial charge in [0.25, 0.3) is 0 Å². The summed E-state index contributed by atoms with van der Waals surface area (Å²) in [6.45, 7) is 1.22. The van der Waals surface area contributed by atoms with Crippen LogP contribution in [0.25, 0.3) is 6.08 Å². The number of rotatable bonds is 4. The van der Waals surface area contributed by atoms with Crippen molar-refractivity contribution in [3.05, 3.63) is 35.4 Å². The van der Waals surface area contributed by atoms with Crippen LogP contribution in [0, 0.1) is 11.3 Å². The third-order valence-corrected chi connectivity index (χ3v) is 2.35. The molecule has 0 spiro atoms. The van der Waals surface area contributed by atoms with Gasteiger partial charge in [0.15, 0.2) is 6.29 Å². The summed E-state index contributed by atoms with van der Waals surface area (Å²) in [7, 11) is 0. The van der Waals surface area contributed by atoms with Crippen LogP contribution in [0.1, 0.15) is 5.56 Å². The maximum Gasteiger partial charge on any atom is 0.160 e. The van der Waals surface area contributed by atoms with E-state index in [9.17, 15) is 4.79 Å². The number of benzene rings is 1. The van der Waals surface area contributed by atoms with Crippen molar-refractivity contribution in [1.29, 1.82) is 5.26 Å². The highest BCUT2D eigenvalue weighted by atomic mass is 16.6. The Morgan fingerprint density at radius 2 is 2.35 bits per heavy atom. The Bertz CT molecular complexity index is 484. The van der Waals surface area contributed by atoms with E-state index in [1.54, 1.807) is 6.07 Å². The molecule has 0 amide bonds. The minimum atomic E-state index is 0.0918. The van der Waals surface area contributed by atoms with Crippen molar-refractivity contribution >= 4 is 12.4 Å². The van der Waals surface area contributed by atoms with E-state index in [1.807, 2.05) is 24.3 Å². The van der Waals surface area contributed by atoms with Crippen LogP contribution in [0.5, 0.6) is 5.75 Å². The smallest absolute Gasteiger partial charge is 0.160 e. The van der Waals surface area contributed by atoms with E-state index in [4.69, 9.17) is 14.7 Å². The molecule has 1 aliphatic rings. The first-order chi connectivity index (χ1) is 8.31. The van der Waals surface area contributed by atoms with Crippen LogP contribution in [0.4, 0.5) is 0 Å². The van der Waals surface area contributed by atoms with Gasteiger partial charge in [-0.1, -0.05) is 12.1 Å². The van der Waals surface area contributed by atoms with Crippen LogP contribution in [0.3, 0.4) is 0 Å². The second kappa shape index (κ2) is 5.28. The molecule has 0 aliphatic carbocycles. The molecule has 17 heavy (non-hydrogen) atoms. The number of hydrogen-bond acceptors (Lipinski definition) is 4. The normalized spacial score (nSPS) is 15.8. The first kappa shape index (κ1) is 11.4. The molecule has 1 aliphatic heterocycles. The van der Waals surface area contributed by atoms with E-state index in [2.05, 4.69) is 0 Å². The Balaban J connectivity index is 2.13. The summed E-state index contributed by atoms with van der Waals surface area (Å²) in [6, 6.07) is 9.07. The molecule has 0 aromatic heterocycles. The lowest BCUT2D eigenvalue weighted by molar-refractivity contribution is -0.104. The lowest BCUT2D eigenvalue weighted by atomic mass is 10.1. The molecule has 0 radical (unpaired) electrons. The predicted molar refractivity (Wildman–Crippen MR) is 61.3 cm³/mol. The van der Waals surface area contributed by atoms with Gasteiger partial charge in [0.1, 0.15) is 17.9 Å². The standard InChI is InChI=1S/C13H11NO3/c14-6-11(7-15)4-10-2-1-3-12(5-10)17-13-8-16-9-13/h1-5,7,13H,8-9H2/b11-4+. The molecule has 4 heteroatoms. The van der Waals surface area contributed by atoms with Gasteiger partial charge < -0.3 is 9.47 Å². The fourth-order valence-corrected chi connectivity index (χ4v) is 1.42. The van der Waals surface area contributed by atoms with Crippen LogP contribution in [-0.2, 0) is 9.53 Å². The summed E-state index contributed by atoms with van der Waals surface area (Å²) in [6.07, 6.45) is 2.17. The molecule has 0 saturated carbocycles. The van der Waals surface area contributed by atoms with Crippen molar-refractivity contribution in [1.82, 2.24) is 0 Å². The highest BCUT2D eigenvalue weighted by molar-refractivity contribution is 5.86. The fraction of sp³-hybridized carbons (Fsp3) is 0.231. The van der Waals surface area contributed by atoms with E-state index < -0.39 is 0 Å². The SMILES string of the molecule is N#C/C(C=O)=C\c1cccc(OC2COC2)c1. The van der Waals surface area contributed by atoms with Gasteiger partial charge in [-0.2, -0.15) is 5.26 Å². The van der Waals surface area contributed by atoms with Gasteiger partial charge in [-0.05, 0) is 23.8 Å². The summed E-state index contributed by atoms with van der Waals surface area (Å²) in [5.41, 5.74) is 0.862. The number of carbonyl (C=O) groups is 1. The number of carbonyl (C=O) groups excluding carboxylic acids is 1. The zero-order valence-electron chi connectivity index (χ0n) is 9.13. The second-order valence-electron chi connectivity index (χ2n) is 3.68. The van der Waals surface area contributed by atoms with Crippen LogP contribution in [0.2, 0.25) is 0 Å². The summed E-state index contributed by atoms with van der Waals surface area (Å²) in [4.78, 5) is 10.5. The molecule has 0 bridgehead atoms. The summed E-state index contributed by atoms with van der Waals surface area (Å²) in [5.74, 6) is 0.718. The number of ether oxygens (including phenoxy) is 2. The summed E-state index contributed by atoms with van der Waals surface area (Å²) >= 11 is 0. The molecule has 2 rings (SSSR count). The second-order valence-corrected chi connectivity index (χ2v) is 3.68. The monoisotopic (exact) mass is 229 g/mol. The average Bonchev–Trinajstić information content (AvgIpc) is 2.31. The molecule has 0 atom stereocenters. The van der Waals surface area contributed by atoms with E-state index in [0.717, 1.165) is 11.3 Å². The van der Waals surface area contributed by atoms with Gasteiger partial charge in [0.05, 0.1) is 18.8 Å². The minimum Gasteiger partial charge on any atom is -0.486 e. The van der Waals surface area contributed by atoms with Crippen LogP contribution < -0.4 is 4.74 Å². The molecule has 1 fully saturated rings. The molecule has 1 aromatic carbocycles. The van der Waals surface area contributed by atoms with E-state index in [1.165, 1.54) is 6.08 Å². The molecule has 1 saturated heterocycles. The predicted octanol–water partition coefficient (Wildman–Crippen LogP) is 1.57. The third kappa shape index (κ3) is 2.92. The van der Waals surface area contributed by atoms with Crippen molar-refractivity contribution in [3.63, 3.8) is 0 Å². The lowest BCUT2D eigenvalue weighted by Crippen LogP contribution is -2.38. The first-order valence-electron chi connectivity index (χ1n) is 5.23. The van der Waals surface area contributed by atoms with Crippen molar-refractivity contribution in [2.75, 3.05) is 13.2 Å². The molecule has 0 unspecified atom stereocenters. The number of aldehydes is 1. The highest BCUT2D eigenvalue weighted by Crippen LogP contribution is 2.19. The van der Waals surface area contributed by atoms with Gasteiger partial charge in [-0.3, -0.25) is 4.79 Å². The van der Waals surface area contributed by atoms with Gasteiger partial charge in [0, 0.05) is 0 Å². The fourth-order valence-electron chi connectivity index (χ4n) is 1.42. The Labute approximate surface area is 99.1 Å². The quantitative estimate of drug-likeness (QED) is 0.446. The van der Waals surface area contributed by atoms with Gasteiger partial charge in [-0.15, -0.1) is 0 Å². The summed E-state index contributed by atoms with van der Waals surface area (Å²) in [5, 5.41) is 8.65. The Morgan fingerprint density at radius 3 is 2.94 bits per heavy atom. The van der Waals surface area contributed by atoms with Crippen LogP contribution in [-0.4, -0.2) is 25.6 Å². The molecule has 86 valence electrons. The molecule has 0 N–H and O–H groups in total. The molecular weight excluding hydrogens is 218 g/mol. The number of hydrogen-bond donors (Lipinski definition) is 0. The van der Waals surface area contributed by atoms with Crippen molar-refractivity contribution in [2.45, 2.75) is 6.10 Å². The number of allylic oxidation sites excluding steroid dienone is 1. The average molecular weight is 229 g/mol. The van der Waals surface area contributed by atoms with E-state index >= 15 is 0 Å². The Morgan fingerprint density at radius 1 is 1.53 bits per heavy atom. The lowest BCUT2D eigenvalue weighted by Gasteiger charge is -2.26. The van der Waals surface area contributed by atoms with Crippen molar-refractivity contribution in [2.24, 2.45) is 0 Å². The Hall–Kier alpha value is -2.12. The van der Waals surface area contributed by atoms with Crippen LogP contribution >= 0.6 is 0 Å². The third-order valence-electron chi connectivity index (χ3n) is 2.35.